The van der Waals surface area contributed by atoms with Crippen LogP contribution in [0.3, 0.4) is 0 Å². The Labute approximate surface area is 206 Å². The van der Waals surface area contributed by atoms with Crippen LogP contribution in [0.15, 0.2) is 11.6 Å². The van der Waals surface area contributed by atoms with Crippen molar-refractivity contribution in [3.63, 3.8) is 0 Å². The van der Waals surface area contributed by atoms with Gasteiger partial charge in [-0.3, -0.25) is 14.4 Å². The summed E-state index contributed by atoms with van der Waals surface area (Å²) in [6.45, 7) is 5.07. The Bertz CT molecular complexity index is 917. The highest BCUT2D eigenvalue weighted by Gasteiger charge is 2.75. The Kier molecular flexibility index (Phi) is 7.05. The van der Waals surface area contributed by atoms with E-state index < -0.39 is 46.7 Å². The van der Waals surface area contributed by atoms with Crippen molar-refractivity contribution in [3.05, 3.63) is 11.6 Å². The molecule has 1 N–H and O–H groups in total. The van der Waals surface area contributed by atoms with Crippen LogP contribution in [0.25, 0.3) is 0 Å². The van der Waals surface area contributed by atoms with Gasteiger partial charge >= 0.3 is 5.97 Å². The number of esters is 1. The van der Waals surface area contributed by atoms with Crippen molar-refractivity contribution < 1.29 is 38.1 Å². The molecule has 0 aromatic heterocycles. The molecule has 0 aromatic rings. The van der Waals surface area contributed by atoms with Crippen molar-refractivity contribution in [1.29, 1.82) is 0 Å². The lowest BCUT2D eigenvalue weighted by atomic mass is 9.44. The van der Waals surface area contributed by atoms with E-state index in [1.54, 1.807) is 6.08 Å². The van der Waals surface area contributed by atoms with Gasteiger partial charge in [0.2, 0.25) is 5.78 Å². The zero-order valence-corrected chi connectivity index (χ0v) is 21.4. The van der Waals surface area contributed by atoms with E-state index in [2.05, 4.69) is 0 Å². The van der Waals surface area contributed by atoms with Crippen LogP contribution in [-0.4, -0.2) is 60.5 Å². The van der Waals surface area contributed by atoms with Crippen LogP contribution in [-0.2, 0) is 28.6 Å². The molecule has 196 valence electrons. The third kappa shape index (κ3) is 3.74. The molecule has 1 unspecified atom stereocenters. The van der Waals surface area contributed by atoms with Crippen molar-refractivity contribution in [1.82, 2.24) is 0 Å². The summed E-state index contributed by atoms with van der Waals surface area (Å²) >= 11 is 0. The minimum atomic E-state index is -1.89. The van der Waals surface area contributed by atoms with Crippen molar-refractivity contribution in [2.75, 3.05) is 20.5 Å². The molecule has 35 heavy (non-hydrogen) atoms. The van der Waals surface area contributed by atoms with Gasteiger partial charge in [0.15, 0.2) is 12.4 Å². The maximum atomic E-state index is 17.3. The van der Waals surface area contributed by atoms with Gasteiger partial charge in [-0.05, 0) is 56.9 Å². The maximum absolute atomic E-state index is 17.3. The molecule has 0 bridgehead atoms. The molecular weight excluding hydrogens is 455 g/mol. The molecule has 0 heterocycles. The quantitative estimate of drug-likeness (QED) is 0.404. The van der Waals surface area contributed by atoms with E-state index in [4.69, 9.17) is 14.2 Å². The van der Waals surface area contributed by atoms with Gasteiger partial charge in [0.25, 0.3) is 0 Å². The summed E-state index contributed by atoms with van der Waals surface area (Å²) in [5.41, 5.74) is -4.21. The van der Waals surface area contributed by atoms with Crippen LogP contribution in [0, 0.1) is 22.7 Å². The lowest BCUT2D eigenvalue weighted by Crippen LogP contribution is -2.70. The number of hydrogen-bond donors (Lipinski definition) is 1. The molecule has 0 amide bonds. The SMILES string of the molecule is CCCC(=O)OCC(=O)[C@@]1(OCOC)CC[C@H]2[C@@H]3CCC4=CC(=O)CC[C@]4(C)[C@@]3(F)C(O)C[C@@]21C. The van der Waals surface area contributed by atoms with E-state index in [9.17, 15) is 19.5 Å². The van der Waals surface area contributed by atoms with Gasteiger partial charge in [0.1, 0.15) is 18.1 Å². The number of ketones is 2. The predicted molar refractivity (Wildman–Crippen MR) is 125 cm³/mol. The second kappa shape index (κ2) is 9.34. The first-order chi connectivity index (χ1) is 16.5. The first-order valence-corrected chi connectivity index (χ1v) is 12.9. The Morgan fingerprint density at radius 3 is 2.60 bits per heavy atom. The second-order valence-electron chi connectivity index (χ2n) is 11.4. The highest BCUT2D eigenvalue weighted by atomic mass is 19.1. The van der Waals surface area contributed by atoms with Gasteiger partial charge in [0.05, 0.1) is 6.10 Å². The topological polar surface area (TPSA) is 99.1 Å². The van der Waals surface area contributed by atoms with Crippen LogP contribution in [0.5, 0.6) is 0 Å². The fourth-order valence-corrected chi connectivity index (χ4v) is 8.03. The average Bonchev–Trinajstić information content (AvgIpc) is 3.10. The normalized spacial score (nSPS) is 42.5. The number of alkyl halides is 1. The van der Waals surface area contributed by atoms with Crippen LogP contribution < -0.4 is 0 Å². The van der Waals surface area contributed by atoms with Gasteiger partial charge < -0.3 is 19.3 Å². The van der Waals surface area contributed by atoms with E-state index >= 15 is 4.39 Å². The molecule has 0 radical (unpaired) electrons. The first kappa shape index (κ1) is 26.4. The number of aliphatic hydroxyl groups is 1. The number of methoxy groups -OCH3 is 1. The number of carbonyl (C=O) groups excluding carboxylic acids is 3. The highest BCUT2D eigenvalue weighted by molar-refractivity contribution is 5.92. The molecule has 0 spiro atoms. The largest absolute Gasteiger partial charge is 0.458 e. The summed E-state index contributed by atoms with van der Waals surface area (Å²) in [4.78, 5) is 37.7. The maximum Gasteiger partial charge on any atom is 0.306 e. The number of allylic oxidation sites excluding steroid dienone is 1. The lowest BCUT2D eigenvalue weighted by Gasteiger charge is -2.63. The third-order valence-electron chi connectivity index (χ3n) is 9.85. The molecular formula is C27H39FO7. The highest BCUT2D eigenvalue weighted by Crippen LogP contribution is 2.70. The number of aliphatic hydroxyl groups excluding tert-OH is 1. The zero-order valence-electron chi connectivity index (χ0n) is 21.4. The summed E-state index contributed by atoms with van der Waals surface area (Å²) < 4.78 is 33.8. The molecule has 8 heteroatoms. The molecule has 4 aliphatic rings. The van der Waals surface area contributed by atoms with Gasteiger partial charge in [-0.2, -0.15) is 0 Å². The summed E-state index contributed by atoms with van der Waals surface area (Å²) in [5, 5.41) is 11.5. The van der Waals surface area contributed by atoms with Crippen LogP contribution in [0.2, 0.25) is 0 Å². The monoisotopic (exact) mass is 494 g/mol. The zero-order chi connectivity index (χ0) is 25.6. The van der Waals surface area contributed by atoms with E-state index in [-0.39, 0.29) is 43.5 Å². The number of carbonyl (C=O) groups is 3. The minimum Gasteiger partial charge on any atom is -0.458 e. The minimum absolute atomic E-state index is 0.0192. The molecule has 4 rings (SSSR count). The first-order valence-electron chi connectivity index (χ1n) is 12.9. The Hall–Kier alpha value is -1.64. The second-order valence-corrected chi connectivity index (χ2v) is 11.4. The molecule has 7 nitrogen and oxygen atoms in total. The molecule has 0 aromatic carbocycles. The number of rotatable bonds is 8. The Morgan fingerprint density at radius 2 is 1.91 bits per heavy atom. The van der Waals surface area contributed by atoms with Gasteiger partial charge in [-0.1, -0.05) is 26.3 Å². The van der Waals surface area contributed by atoms with Crippen molar-refractivity contribution in [2.45, 2.75) is 95.9 Å². The Morgan fingerprint density at radius 1 is 1.17 bits per heavy atom. The molecule has 3 fully saturated rings. The fourth-order valence-electron chi connectivity index (χ4n) is 8.03. The van der Waals surface area contributed by atoms with Gasteiger partial charge in [0, 0.05) is 36.7 Å². The van der Waals surface area contributed by atoms with Gasteiger partial charge in [-0.15, -0.1) is 0 Å². The number of fused-ring (bicyclic) bond motifs is 5. The predicted octanol–water partition coefficient (Wildman–Crippen LogP) is 3.85. The summed E-state index contributed by atoms with van der Waals surface area (Å²) in [5.74, 6) is -1.48. The van der Waals surface area contributed by atoms with Crippen LogP contribution in [0.4, 0.5) is 4.39 Å². The van der Waals surface area contributed by atoms with E-state index in [0.29, 0.717) is 38.5 Å². The molecule has 7 atom stereocenters. The third-order valence-corrected chi connectivity index (χ3v) is 9.85. The smallest absolute Gasteiger partial charge is 0.306 e. The van der Waals surface area contributed by atoms with Crippen molar-refractivity contribution in [3.8, 4) is 0 Å². The van der Waals surface area contributed by atoms with E-state index in [0.717, 1.165) is 5.57 Å². The van der Waals surface area contributed by atoms with Crippen LogP contribution in [0.1, 0.15) is 78.6 Å². The van der Waals surface area contributed by atoms with Crippen molar-refractivity contribution in [2.24, 2.45) is 22.7 Å². The summed E-state index contributed by atoms with van der Waals surface area (Å²) in [6.07, 6.45) is 3.82. The molecule has 4 aliphatic carbocycles. The van der Waals surface area contributed by atoms with E-state index in [1.807, 2.05) is 20.8 Å². The molecule has 0 saturated heterocycles. The number of halogens is 1. The summed E-state index contributed by atoms with van der Waals surface area (Å²) in [6, 6.07) is 0. The van der Waals surface area contributed by atoms with E-state index in [1.165, 1.54) is 7.11 Å². The van der Waals surface area contributed by atoms with Gasteiger partial charge in [-0.25, -0.2) is 4.39 Å². The molecule has 0 aliphatic heterocycles. The lowest BCUT2D eigenvalue weighted by molar-refractivity contribution is -0.244. The average molecular weight is 495 g/mol. The number of hydrogen-bond acceptors (Lipinski definition) is 7. The molecule has 3 saturated carbocycles. The standard InChI is InChI=1S/C27H39FO7/c1-5-6-23(32)34-15-22(31)26(35-16-33-4)12-10-19-20-8-7-17-13-18(29)9-11-24(17,2)27(20,28)21(30)14-25(19,26)3/h13,19-21,30H,5-12,14-16H2,1-4H3/t19-,20-,21?,24-,25-,26-,27-/m0/s1. The fraction of sp³-hybridized carbons (Fsp3) is 0.815. The Balaban J connectivity index is 1.69. The summed E-state index contributed by atoms with van der Waals surface area (Å²) in [7, 11) is 1.47. The van der Waals surface area contributed by atoms with Crippen molar-refractivity contribution >= 4 is 17.5 Å². The van der Waals surface area contributed by atoms with Crippen LogP contribution >= 0.6 is 0 Å². The number of Topliss-reactive ketones (excluding diaryl/α,β-unsaturated/α-hetero) is 1. The number of ether oxygens (including phenoxy) is 3.